The third kappa shape index (κ3) is 4.97. The van der Waals surface area contributed by atoms with Crippen LogP contribution < -0.4 is 4.74 Å². The van der Waals surface area contributed by atoms with E-state index in [0.29, 0.717) is 5.75 Å². The second kappa shape index (κ2) is 7.66. The van der Waals surface area contributed by atoms with Crippen molar-refractivity contribution in [2.75, 3.05) is 13.1 Å². The molecule has 2 rings (SSSR count). The fraction of sp³-hybridized carbons (Fsp3) is 0.600. The van der Waals surface area contributed by atoms with Crippen LogP contribution in [0.2, 0.25) is 0 Å². The lowest BCUT2D eigenvalue weighted by atomic mass is 9.89. The average Bonchev–Trinajstić information content (AvgIpc) is 3.05. The number of ether oxygens (including phenoxy) is 2. The lowest BCUT2D eigenvalue weighted by Gasteiger charge is -2.39. The van der Waals surface area contributed by atoms with Gasteiger partial charge in [0.25, 0.3) is 0 Å². The Balaban J connectivity index is 2.25. The fourth-order valence-electron chi connectivity index (χ4n) is 2.97. The summed E-state index contributed by atoms with van der Waals surface area (Å²) in [7, 11) is 0. The van der Waals surface area contributed by atoms with Gasteiger partial charge in [0.15, 0.2) is 6.23 Å². The Kier molecular flexibility index (Phi) is 5.96. The predicted molar refractivity (Wildman–Crippen MR) is 98.3 cm³/mol. The summed E-state index contributed by atoms with van der Waals surface area (Å²) in [6.07, 6.45) is 1.63. The van der Waals surface area contributed by atoms with Gasteiger partial charge in [-0.1, -0.05) is 0 Å². The Labute approximate surface area is 155 Å². The number of carbonyl (C=O) groups is 2. The molecule has 1 atom stereocenters. The van der Waals surface area contributed by atoms with E-state index >= 15 is 0 Å². The summed E-state index contributed by atoms with van der Waals surface area (Å²) in [6, 6.07) is 6.24. The van der Waals surface area contributed by atoms with Crippen molar-refractivity contribution >= 4 is 11.9 Å². The molecule has 1 unspecified atom stereocenters. The van der Waals surface area contributed by atoms with Crippen LogP contribution in [0.5, 0.6) is 5.75 Å². The van der Waals surface area contributed by atoms with Crippen molar-refractivity contribution in [1.29, 1.82) is 0 Å². The molecule has 1 heterocycles. The number of benzene rings is 1. The quantitative estimate of drug-likeness (QED) is 0.779. The molecule has 0 aromatic heterocycles. The Morgan fingerprint density at radius 3 is 2.04 bits per heavy atom. The maximum absolute atomic E-state index is 12.8. The number of esters is 1. The molecule has 0 bridgehead atoms. The second-order valence-corrected chi connectivity index (χ2v) is 8.27. The highest BCUT2D eigenvalue weighted by Crippen LogP contribution is 2.33. The molecule has 0 spiro atoms. The Bertz CT molecular complexity index is 639. The number of carboxylic acids is 1. The van der Waals surface area contributed by atoms with E-state index in [1.165, 1.54) is 12.1 Å². The van der Waals surface area contributed by atoms with Crippen molar-refractivity contribution in [2.24, 2.45) is 5.41 Å². The zero-order chi connectivity index (χ0) is 19.5. The summed E-state index contributed by atoms with van der Waals surface area (Å²) >= 11 is 0. The summed E-state index contributed by atoms with van der Waals surface area (Å²) in [6.45, 7) is 10.9. The van der Waals surface area contributed by atoms with Gasteiger partial charge in [-0.3, -0.25) is 9.69 Å². The number of carbonyl (C=O) groups excluding carboxylic acids is 1. The first kappa shape index (κ1) is 20.2. The Morgan fingerprint density at radius 2 is 1.58 bits per heavy atom. The van der Waals surface area contributed by atoms with Gasteiger partial charge >= 0.3 is 11.9 Å². The highest BCUT2D eigenvalue weighted by atomic mass is 16.6. The van der Waals surface area contributed by atoms with Crippen molar-refractivity contribution in [1.82, 2.24) is 4.90 Å². The van der Waals surface area contributed by atoms with Gasteiger partial charge < -0.3 is 14.6 Å². The molecule has 0 aliphatic carbocycles. The van der Waals surface area contributed by atoms with E-state index in [2.05, 4.69) is 4.90 Å². The van der Waals surface area contributed by atoms with E-state index in [4.69, 9.17) is 14.6 Å². The van der Waals surface area contributed by atoms with Crippen LogP contribution in [0, 0.1) is 5.41 Å². The van der Waals surface area contributed by atoms with Crippen LogP contribution in [0.15, 0.2) is 24.3 Å². The van der Waals surface area contributed by atoms with Crippen LogP contribution in [-0.4, -0.2) is 46.9 Å². The lowest BCUT2D eigenvalue weighted by Crippen LogP contribution is -2.53. The van der Waals surface area contributed by atoms with Crippen LogP contribution in [0.4, 0.5) is 0 Å². The molecule has 6 heteroatoms. The van der Waals surface area contributed by atoms with Crippen molar-refractivity contribution in [2.45, 2.75) is 59.3 Å². The number of aromatic carboxylic acids is 1. The summed E-state index contributed by atoms with van der Waals surface area (Å²) in [5, 5.41) is 9.03. The molecular weight excluding hydrogens is 334 g/mol. The summed E-state index contributed by atoms with van der Waals surface area (Å²) in [5.74, 6) is -0.769. The summed E-state index contributed by atoms with van der Waals surface area (Å²) < 4.78 is 11.8. The average molecular weight is 363 g/mol. The topological polar surface area (TPSA) is 76.1 Å². The van der Waals surface area contributed by atoms with Gasteiger partial charge in [0.05, 0.1) is 5.56 Å². The van der Waals surface area contributed by atoms with E-state index in [-0.39, 0.29) is 11.5 Å². The molecule has 26 heavy (non-hydrogen) atoms. The van der Waals surface area contributed by atoms with Crippen LogP contribution >= 0.6 is 0 Å². The SMILES string of the molecule is CC(C)(C)OC(=O)C(C)(C)C(Oc1ccc(C(=O)O)cc1)N1CCCC1. The molecule has 0 saturated carbocycles. The number of carboxylic acid groups (broad SMARTS) is 1. The second-order valence-electron chi connectivity index (χ2n) is 8.27. The number of likely N-dealkylation sites (tertiary alicyclic amines) is 1. The van der Waals surface area contributed by atoms with E-state index < -0.39 is 23.2 Å². The maximum Gasteiger partial charge on any atom is 0.335 e. The molecule has 1 aromatic rings. The molecule has 1 aliphatic rings. The van der Waals surface area contributed by atoms with Crippen LogP contribution in [0.1, 0.15) is 57.8 Å². The third-order valence-electron chi connectivity index (χ3n) is 4.36. The zero-order valence-corrected chi connectivity index (χ0v) is 16.2. The van der Waals surface area contributed by atoms with Crippen LogP contribution in [-0.2, 0) is 9.53 Å². The lowest BCUT2D eigenvalue weighted by molar-refractivity contribution is -0.178. The molecule has 1 aromatic carbocycles. The predicted octanol–water partition coefficient (Wildman–Crippen LogP) is 3.55. The van der Waals surface area contributed by atoms with Crippen molar-refractivity contribution in [3.05, 3.63) is 29.8 Å². The van der Waals surface area contributed by atoms with E-state index in [9.17, 15) is 9.59 Å². The summed E-state index contributed by atoms with van der Waals surface area (Å²) in [5.41, 5.74) is -1.27. The molecule has 1 fully saturated rings. The van der Waals surface area contributed by atoms with Gasteiger partial charge in [-0.15, -0.1) is 0 Å². The maximum atomic E-state index is 12.8. The van der Waals surface area contributed by atoms with Gasteiger partial charge in [-0.2, -0.15) is 0 Å². The molecule has 144 valence electrons. The normalized spacial score (nSPS) is 17.0. The zero-order valence-electron chi connectivity index (χ0n) is 16.2. The monoisotopic (exact) mass is 363 g/mol. The molecule has 1 N–H and O–H groups in total. The summed E-state index contributed by atoms with van der Waals surface area (Å²) in [4.78, 5) is 26.0. The highest BCUT2D eigenvalue weighted by molar-refractivity contribution is 5.87. The Morgan fingerprint density at radius 1 is 1.04 bits per heavy atom. The highest BCUT2D eigenvalue weighted by Gasteiger charge is 2.45. The fourth-order valence-corrected chi connectivity index (χ4v) is 2.97. The smallest absolute Gasteiger partial charge is 0.335 e. The molecule has 1 saturated heterocycles. The molecule has 6 nitrogen and oxygen atoms in total. The largest absolute Gasteiger partial charge is 0.478 e. The first-order valence-corrected chi connectivity index (χ1v) is 8.98. The standard InChI is InChI=1S/C20H29NO5/c1-19(2,3)26-18(24)20(4,5)17(21-12-6-7-13-21)25-15-10-8-14(9-11-15)16(22)23/h8-11,17H,6-7,12-13H2,1-5H3,(H,22,23). The minimum atomic E-state index is -0.985. The van der Waals surface area contributed by atoms with Gasteiger partial charge in [0, 0.05) is 13.1 Å². The first-order chi connectivity index (χ1) is 12.0. The van der Waals surface area contributed by atoms with E-state index in [0.717, 1.165) is 25.9 Å². The van der Waals surface area contributed by atoms with Gasteiger partial charge in [0.1, 0.15) is 16.8 Å². The number of nitrogens with zero attached hydrogens (tertiary/aromatic N) is 1. The van der Waals surface area contributed by atoms with E-state index in [1.807, 2.05) is 34.6 Å². The number of hydrogen-bond acceptors (Lipinski definition) is 5. The van der Waals surface area contributed by atoms with Crippen molar-refractivity contribution in [3.8, 4) is 5.75 Å². The minimum absolute atomic E-state index is 0.196. The van der Waals surface area contributed by atoms with Crippen LogP contribution in [0.25, 0.3) is 0 Å². The van der Waals surface area contributed by atoms with Gasteiger partial charge in [-0.05, 0) is 71.7 Å². The molecule has 0 amide bonds. The van der Waals surface area contributed by atoms with Gasteiger partial charge in [0.2, 0.25) is 0 Å². The number of rotatable bonds is 6. The molecule has 0 radical (unpaired) electrons. The van der Waals surface area contributed by atoms with Crippen LogP contribution in [0.3, 0.4) is 0 Å². The van der Waals surface area contributed by atoms with E-state index in [1.54, 1.807) is 12.1 Å². The third-order valence-corrected chi connectivity index (χ3v) is 4.36. The number of hydrogen-bond donors (Lipinski definition) is 1. The van der Waals surface area contributed by atoms with Crippen molar-refractivity contribution in [3.63, 3.8) is 0 Å². The Hall–Kier alpha value is -2.08. The molecular formula is C20H29NO5. The van der Waals surface area contributed by atoms with Gasteiger partial charge in [-0.25, -0.2) is 4.79 Å². The molecule has 1 aliphatic heterocycles. The first-order valence-electron chi connectivity index (χ1n) is 8.98. The van der Waals surface area contributed by atoms with Crippen molar-refractivity contribution < 1.29 is 24.2 Å². The minimum Gasteiger partial charge on any atom is -0.478 e.